The SMILES string of the molecule is CCOC(=O)c1sc2ncnc(N3CCC[C@H](CO)C3)c2c1C. The number of aliphatic hydroxyl groups is 1. The summed E-state index contributed by atoms with van der Waals surface area (Å²) in [7, 11) is 0. The van der Waals surface area contributed by atoms with Gasteiger partial charge in [-0.2, -0.15) is 0 Å². The van der Waals surface area contributed by atoms with Gasteiger partial charge in [-0.15, -0.1) is 11.3 Å². The number of thiophene rings is 1. The number of aromatic nitrogens is 2. The van der Waals surface area contributed by atoms with Crippen LogP contribution in [0.2, 0.25) is 0 Å². The summed E-state index contributed by atoms with van der Waals surface area (Å²) in [4.78, 5) is 24.5. The van der Waals surface area contributed by atoms with Crippen molar-refractivity contribution < 1.29 is 14.6 Å². The molecular formula is C16H21N3O3S. The van der Waals surface area contributed by atoms with Crippen molar-refractivity contribution in [1.29, 1.82) is 0 Å². The first kappa shape index (κ1) is 16.1. The fourth-order valence-corrected chi connectivity index (χ4v) is 4.13. The number of aryl methyl sites for hydroxylation is 1. The summed E-state index contributed by atoms with van der Waals surface area (Å²) in [5, 5.41) is 10.4. The summed E-state index contributed by atoms with van der Waals surface area (Å²) in [6.07, 6.45) is 3.62. The molecule has 1 saturated heterocycles. The lowest BCUT2D eigenvalue weighted by Crippen LogP contribution is -2.37. The second kappa shape index (κ2) is 6.80. The lowest BCUT2D eigenvalue weighted by Gasteiger charge is -2.33. The third-order valence-electron chi connectivity index (χ3n) is 4.24. The number of hydrogen-bond donors (Lipinski definition) is 1. The van der Waals surface area contributed by atoms with Crippen LogP contribution in [-0.4, -0.2) is 47.3 Å². The average Bonchev–Trinajstić information content (AvgIpc) is 2.92. The molecule has 0 spiro atoms. The summed E-state index contributed by atoms with van der Waals surface area (Å²) >= 11 is 1.35. The highest BCUT2D eigenvalue weighted by atomic mass is 32.1. The minimum Gasteiger partial charge on any atom is -0.462 e. The molecule has 1 atom stereocenters. The molecule has 1 N–H and O–H groups in total. The zero-order chi connectivity index (χ0) is 16.4. The highest BCUT2D eigenvalue weighted by Gasteiger charge is 2.25. The first-order chi connectivity index (χ1) is 11.2. The van der Waals surface area contributed by atoms with Gasteiger partial charge >= 0.3 is 5.97 Å². The Morgan fingerprint density at radius 3 is 3.09 bits per heavy atom. The van der Waals surface area contributed by atoms with Gasteiger partial charge in [0.1, 0.15) is 21.9 Å². The van der Waals surface area contributed by atoms with Crippen LogP contribution in [0.15, 0.2) is 6.33 Å². The maximum absolute atomic E-state index is 12.1. The van der Waals surface area contributed by atoms with Gasteiger partial charge in [0.05, 0.1) is 12.0 Å². The normalized spacial score (nSPS) is 18.4. The van der Waals surface area contributed by atoms with E-state index < -0.39 is 0 Å². The molecule has 0 unspecified atom stereocenters. The number of piperidine rings is 1. The van der Waals surface area contributed by atoms with Gasteiger partial charge in [-0.05, 0) is 38.2 Å². The summed E-state index contributed by atoms with van der Waals surface area (Å²) in [5.41, 5.74) is 0.880. The summed E-state index contributed by atoms with van der Waals surface area (Å²) in [6.45, 7) is 5.97. The molecule has 2 aromatic heterocycles. The van der Waals surface area contributed by atoms with Crippen LogP contribution in [0, 0.1) is 12.8 Å². The Morgan fingerprint density at radius 2 is 2.35 bits per heavy atom. The van der Waals surface area contributed by atoms with E-state index in [1.807, 2.05) is 6.92 Å². The smallest absolute Gasteiger partial charge is 0.348 e. The predicted molar refractivity (Wildman–Crippen MR) is 90.1 cm³/mol. The molecule has 124 valence electrons. The van der Waals surface area contributed by atoms with E-state index in [4.69, 9.17) is 4.74 Å². The molecule has 0 saturated carbocycles. The second-order valence-electron chi connectivity index (χ2n) is 5.79. The van der Waals surface area contributed by atoms with Gasteiger partial charge in [-0.1, -0.05) is 0 Å². The van der Waals surface area contributed by atoms with E-state index in [0.717, 1.165) is 47.5 Å². The summed E-state index contributed by atoms with van der Waals surface area (Å²) < 4.78 is 5.13. The predicted octanol–water partition coefficient (Wildman–Crippen LogP) is 2.39. The Balaban J connectivity index is 2.02. The number of carbonyl (C=O) groups excluding carboxylic acids is 1. The van der Waals surface area contributed by atoms with Crippen LogP contribution >= 0.6 is 11.3 Å². The van der Waals surface area contributed by atoms with Gasteiger partial charge in [0.2, 0.25) is 0 Å². The maximum atomic E-state index is 12.1. The Labute approximate surface area is 139 Å². The van der Waals surface area contributed by atoms with Crippen LogP contribution in [-0.2, 0) is 4.74 Å². The van der Waals surface area contributed by atoms with Crippen LogP contribution in [0.5, 0.6) is 0 Å². The van der Waals surface area contributed by atoms with Crippen molar-refractivity contribution in [2.24, 2.45) is 5.92 Å². The van der Waals surface area contributed by atoms with Crippen LogP contribution in [0.3, 0.4) is 0 Å². The third kappa shape index (κ3) is 3.03. The Bertz CT molecular complexity index is 716. The van der Waals surface area contributed by atoms with Crippen molar-refractivity contribution in [3.8, 4) is 0 Å². The highest BCUT2D eigenvalue weighted by Crippen LogP contribution is 2.36. The topological polar surface area (TPSA) is 75.5 Å². The minimum absolute atomic E-state index is 0.196. The van der Waals surface area contributed by atoms with Crippen molar-refractivity contribution >= 4 is 33.3 Å². The van der Waals surface area contributed by atoms with Crippen molar-refractivity contribution in [3.63, 3.8) is 0 Å². The fourth-order valence-electron chi connectivity index (χ4n) is 3.09. The van der Waals surface area contributed by atoms with Crippen LogP contribution < -0.4 is 4.90 Å². The number of aliphatic hydroxyl groups excluding tert-OH is 1. The van der Waals surface area contributed by atoms with Gasteiger partial charge < -0.3 is 14.7 Å². The van der Waals surface area contributed by atoms with E-state index in [2.05, 4.69) is 14.9 Å². The lowest BCUT2D eigenvalue weighted by atomic mass is 9.99. The molecule has 2 aromatic rings. The lowest BCUT2D eigenvalue weighted by molar-refractivity contribution is 0.0531. The second-order valence-corrected chi connectivity index (χ2v) is 6.79. The largest absolute Gasteiger partial charge is 0.462 e. The van der Waals surface area contributed by atoms with Crippen molar-refractivity contribution in [3.05, 3.63) is 16.8 Å². The molecule has 6 nitrogen and oxygen atoms in total. The Kier molecular flexibility index (Phi) is 4.77. The van der Waals surface area contributed by atoms with Crippen LogP contribution in [0.25, 0.3) is 10.2 Å². The number of rotatable bonds is 4. The molecule has 3 heterocycles. The molecule has 0 amide bonds. The molecule has 23 heavy (non-hydrogen) atoms. The maximum Gasteiger partial charge on any atom is 0.348 e. The molecule has 7 heteroatoms. The van der Waals surface area contributed by atoms with E-state index >= 15 is 0 Å². The standard InChI is InChI=1S/C16H21N3O3S/c1-3-22-16(21)13-10(2)12-14(17-9-18-15(12)23-13)19-6-4-5-11(7-19)8-20/h9,11,20H,3-8H2,1-2H3/t11-/m0/s1. The van der Waals surface area contributed by atoms with Gasteiger partial charge in [-0.25, -0.2) is 14.8 Å². The van der Waals surface area contributed by atoms with Gasteiger partial charge in [0.25, 0.3) is 0 Å². The molecule has 1 aliphatic heterocycles. The molecule has 0 bridgehead atoms. The number of esters is 1. The van der Waals surface area contributed by atoms with Crippen molar-refractivity contribution in [2.45, 2.75) is 26.7 Å². The first-order valence-electron chi connectivity index (χ1n) is 7.92. The number of hydrogen-bond acceptors (Lipinski definition) is 7. The van der Waals surface area contributed by atoms with E-state index in [-0.39, 0.29) is 18.5 Å². The van der Waals surface area contributed by atoms with E-state index in [1.54, 1.807) is 13.3 Å². The van der Waals surface area contributed by atoms with Crippen molar-refractivity contribution in [2.75, 3.05) is 31.2 Å². The number of ether oxygens (including phenoxy) is 1. The van der Waals surface area contributed by atoms with Crippen LogP contribution in [0.1, 0.15) is 35.0 Å². The van der Waals surface area contributed by atoms with Gasteiger partial charge in [0.15, 0.2) is 0 Å². The van der Waals surface area contributed by atoms with Crippen LogP contribution in [0.4, 0.5) is 5.82 Å². The zero-order valence-corrected chi connectivity index (χ0v) is 14.2. The molecular weight excluding hydrogens is 314 g/mol. The summed E-state index contributed by atoms with van der Waals surface area (Å²) in [5.74, 6) is 0.834. The summed E-state index contributed by atoms with van der Waals surface area (Å²) in [6, 6.07) is 0. The Morgan fingerprint density at radius 1 is 1.52 bits per heavy atom. The van der Waals surface area contributed by atoms with E-state index in [0.29, 0.717) is 11.5 Å². The molecule has 3 rings (SSSR count). The Hall–Kier alpha value is -1.73. The number of nitrogens with zero attached hydrogens (tertiary/aromatic N) is 3. The quantitative estimate of drug-likeness (QED) is 0.865. The van der Waals surface area contributed by atoms with Crippen molar-refractivity contribution in [1.82, 2.24) is 9.97 Å². The monoisotopic (exact) mass is 335 g/mol. The molecule has 1 aliphatic rings. The zero-order valence-electron chi connectivity index (χ0n) is 13.4. The van der Waals surface area contributed by atoms with E-state index in [1.165, 1.54) is 11.3 Å². The third-order valence-corrected chi connectivity index (χ3v) is 5.42. The van der Waals surface area contributed by atoms with Gasteiger partial charge in [0, 0.05) is 19.7 Å². The first-order valence-corrected chi connectivity index (χ1v) is 8.74. The minimum atomic E-state index is -0.300. The average molecular weight is 335 g/mol. The molecule has 0 aromatic carbocycles. The highest BCUT2D eigenvalue weighted by molar-refractivity contribution is 7.20. The number of fused-ring (bicyclic) bond motifs is 1. The van der Waals surface area contributed by atoms with E-state index in [9.17, 15) is 9.90 Å². The molecule has 0 aliphatic carbocycles. The fraction of sp³-hybridized carbons (Fsp3) is 0.562. The number of anilines is 1. The molecule has 0 radical (unpaired) electrons. The van der Waals surface area contributed by atoms with Gasteiger partial charge in [-0.3, -0.25) is 0 Å². The number of carbonyl (C=O) groups is 1. The molecule has 1 fully saturated rings.